The molecule has 0 aliphatic rings. The number of benzene rings is 1. The second kappa shape index (κ2) is 5.11. The molecule has 0 heterocycles. The molecule has 1 aromatic carbocycles. The first-order valence-electron chi connectivity index (χ1n) is 6.14. The number of aryl methyl sites for hydroxylation is 1. The Kier molecular flexibility index (Phi) is 4.17. The maximum atomic E-state index is 12.4. The van der Waals surface area contributed by atoms with Gasteiger partial charge in [-0.15, -0.1) is 0 Å². The maximum Gasteiger partial charge on any atom is 0.183 e. The van der Waals surface area contributed by atoms with E-state index >= 15 is 0 Å². The van der Waals surface area contributed by atoms with Crippen LogP contribution in [-0.4, -0.2) is 18.9 Å². The van der Waals surface area contributed by atoms with Crippen molar-refractivity contribution in [2.75, 3.05) is 7.11 Å². The van der Waals surface area contributed by atoms with Crippen molar-refractivity contribution in [2.24, 2.45) is 11.1 Å². The van der Waals surface area contributed by atoms with Gasteiger partial charge in [0.25, 0.3) is 0 Å². The fourth-order valence-electron chi connectivity index (χ4n) is 1.81. The number of carbonyl (C=O) groups excluding carboxylic acids is 1. The number of methoxy groups -OCH3 is 1. The molecule has 0 aromatic heterocycles. The topological polar surface area (TPSA) is 52.3 Å². The standard InChI is InChI=1S/C15H23NO2/c1-9-7-8-11(13(18-6)10(9)2)12(17)14(16)15(3,4)5/h7-8,14H,16H2,1-6H3. The summed E-state index contributed by atoms with van der Waals surface area (Å²) in [6.45, 7) is 9.83. The number of ether oxygens (including phenoxy) is 1. The van der Waals surface area contributed by atoms with Crippen LogP contribution in [0.15, 0.2) is 12.1 Å². The van der Waals surface area contributed by atoms with Gasteiger partial charge in [-0.05, 0) is 36.5 Å². The average molecular weight is 249 g/mol. The monoisotopic (exact) mass is 249 g/mol. The predicted octanol–water partition coefficient (Wildman–Crippen LogP) is 2.87. The van der Waals surface area contributed by atoms with Crippen molar-refractivity contribution < 1.29 is 9.53 Å². The van der Waals surface area contributed by atoms with Crippen LogP contribution in [0.5, 0.6) is 5.75 Å². The third-order valence-electron chi connectivity index (χ3n) is 3.36. The average Bonchev–Trinajstić information content (AvgIpc) is 2.29. The molecule has 0 saturated carbocycles. The molecular formula is C15H23NO2. The van der Waals surface area contributed by atoms with E-state index in [-0.39, 0.29) is 11.2 Å². The normalized spacial score (nSPS) is 13.3. The van der Waals surface area contributed by atoms with Crippen molar-refractivity contribution in [2.45, 2.75) is 40.7 Å². The van der Waals surface area contributed by atoms with Gasteiger partial charge in [0.15, 0.2) is 5.78 Å². The number of carbonyl (C=O) groups is 1. The van der Waals surface area contributed by atoms with Crippen LogP contribution in [0.1, 0.15) is 42.3 Å². The molecule has 0 spiro atoms. The molecule has 0 fully saturated rings. The largest absolute Gasteiger partial charge is 0.496 e. The fraction of sp³-hybridized carbons (Fsp3) is 0.533. The highest BCUT2D eigenvalue weighted by Gasteiger charge is 2.30. The van der Waals surface area contributed by atoms with E-state index in [4.69, 9.17) is 10.5 Å². The van der Waals surface area contributed by atoms with E-state index in [1.54, 1.807) is 13.2 Å². The molecule has 0 bridgehead atoms. The molecule has 3 nitrogen and oxygen atoms in total. The van der Waals surface area contributed by atoms with E-state index < -0.39 is 6.04 Å². The van der Waals surface area contributed by atoms with Crippen LogP contribution in [0.25, 0.3) is 0 Å². The molecule has 3 heteroatoms. The zero-order chi connectivity index (χ0) is 14.1. The van der Waals surface area contributed by atoms with Crippen molar-refractivity contribution in [3.63, 3.8) is 0 Å². The molecular weight excluding hydrogens is 226 g/mol. The third-order valence-corrected chi connectivity index (χ3v) is 3.36. The van der Waals surface area contributed by atoms with Gasteiger partial charge in [-0.25, -0.2) is 0 Å². The van der Waals surface area contributed by atoms with Crippen molar-refractivity contribution in [1.82, 2.24) is 0 Å². The summed E-state index contributed by atoms with van der Waals surface area (Å²) in [6, 6.07) is 3.20. The lowest BCUT2D eigenvalue weighted by Crippen LogP contribution is -2.42. The van der Waals surface area contributed by atoms with Gasteiger partial charge < -0.3 is 10.5 Å². The van der Waals surface area contributed by atoms with Gasteiger partial charge in [-0.2, -0.15) is 0 Å². The van der Waals surface area contributed by atoms with Gasteiger partial charge in [-0.3, -0.25) is 4.79 Å². The first-order chi connectivity index (χ1) is 8.20. The molecule has 1 atom stereocenters. The number of hydrogen-bond acceptors (Lipinski definition) is 3. The van der Waals surface area contributed by atoms with Crippen LogP contribution in [-0.2, 0) is 0 Å². The highest BCUT2D eigenvalue weighted by atomic mass is 16.5. The van der Waals surface area contributed by atoms with Gasteiger partial charge in [0.05, 0.1) is 18.7 Å². The molecule has 0 amide bonds. The van der Waals surface area contributed by atoms with Gasteiger partial charge in [0, 0.05) is 0 Å². The Morgan fingerprint density at radius 1 is 1.28 bits per heavy atom. The zero-order valence-corrected chi connectivity index (χ0v) is 12.1. The fourth-order valence-corrected chi connectivity index (χ4v) is 1.81. The number of hydrogen-bond donors (Lipinski definition) is 1. The first kappa shape index (κ1) is 14.7. The molecule has 0 radical (unpaired) electrons. The Morgan fingerprint density at radius 2 is 1.83 bits per heavy atom. The Bertz CT molecular complexity index is 458. The minimum Gasteiger partial charge on any atom is -0.496 e. The van der Waals surface area contributed by atoms with Crippen molar-refractivity contribution in [1.29, 1.82) is 0 Å². The van der Waals surface area contributed by atoms with Gasteiger partial charge in [0.1, 0.15) is 5.75 Å². The van der Waals surface area contributed by atoms with E-state index in [1.807, 2.05) is 40.7 Å². The van der Waals surface area contributed by atoms with Crippen LogP contribution in [0.3, 0.4) is 0 Å². The van der Waals surface area contributed by atoms with Crippen molar-refractivity contribution in [3.05, 3.63) is 28.8 Å². The minimum atomic E-state index is -0.534. The molecule has 0 aliphatic heterocycles. The zero-order valence-electron chi connectivity index (χ0n) is 12.1. The quantitative estimate of drug-likeness (QED) is 0.838. The number of nitrogens with two attached hydrogens (primary N) is 1. The molecule has 100 valence electrons. The second-order valence-corrected chi connectivity index (χ2v) is 5.80. The van der Waals surface area contributed by atoms with Crippen LogP contribution in [0.2, 0.25) is 0 Å². The molecule has 0 aliphatic carbocycles. The third kappa shape index (κ3) is 2.72. The summed E-state index contributed by atoms with van der Waals surface area (Å²) >= 11 is 0. The first-order valence-corrected chi connectivity index (χ1v) is 6.14. The molecule has 0 saturated heterocycles. The van der Waals surface area contributed by atoms with Crippen LogP contribution >= 0.6 is 0 Å². The van der Waals surface area contributed by atoms with Crippen LogP contribution in [0.4, 0.5) is 0 Å². The van der Waals surface area contributed by atoms with Crippen molar-refractivity contribution >= 4 is 5.78 Å². The van der Waals surface area contributed by atoms with E-state index in [1.165, 1.54) is 0 Å². The summed E-state index contributed by atoms with van der Waals surface area (Å²) in [6.07, 6.45) is 0. The predicted molar refractivity (Wildman–Crippen MR) is 74.2 cm³/mol. The van der Waals surface area contributed by atoms with Gasteiger partial charge >= 0.3 is 0 Å². The minimum absolute atomic E-state index is 0.0672. The number of Topliss-reactive ketones (excluding diaryl/α,β-unsaturated/α-hetero) is 1. The van der Waals surface area contributed by atoms with E-state index in [9.17, 15) is 4.79 Å². The molecule has 1 unspecified atom stereocenters. The Hall–Kier alpha value is -1.35. The molecule has 1 aromatic rings. The molecule has 1 rings (SSSR count). The van der Waals surface area contributed by atoms with Crippen molar-refractivity contribution in [3.8, 4) is 5.75 Å². The Morgan fingerprint density at radius 3 is 2.28 bits per heavy atom. The summed E-state index contributed by atoms with van der Waals surface area (Å²) in [7, 11) is 1.58. The Labute approximate surface area is 109 Å². The highest BCUT2D eigenvalue weighted by molar-refractivity contribution is 6.03. The van der Waals surface area contributed by atoms with Gasteiger partial charge in [0.2, 0.25) is 0 Å². The maximum absolute atomic E-state index is 12.4. The summed E-state index contributed by atoms with van der Waals surface area (Å²) < 4.78 is 5.36. The highest BCUT2D eigenvalue weighted by Crippen LogP contribution is 2.29. The lowest BCUT2D eigenvalue weighted by molar-refractivity contribution is 0.0898. The van der Waals surface area contributed by atoms with Crippen LogP contribution in [0, 0.1) is 19.3 Å². The second-order valence-electron chi connectivity index (χ2n) is 5.80. The van der Waals surface area contributed by atoms with Crippen LogP contribution < -0.4 is 10.5 Å². The van der Waals surface area contributed by atoms with Gasteiger partial charge in [-0.1, -0.05) is 26.8 Å². The number of ketones is 1. The summed E-state index contributed by atoms with van der Waals surface area (Å²) in [5.74, 6) is 0.571. The lowest BCUT2D eigenvalue weighted by Gasteiger charge is -2.26. The summed E-state index contributed by atoms with van der Waals surface area (Å²) in [4.78, 5) is 12.4. The lowest BCUT2D eigenvalue weighted by atomic mass is 9.82. The van der Waals surface area contributed by atoms with E-state index in [0.29, 0.717) is 11.3 Å². The molecule has 2 N–H and O–H groups in total. The van der Waals surface area contributed by atoms with E-state index in [2.05, 4.69) is 0 Å². The Balaban J connectivity index is 3.26. The summed E-state index contributed by atoms with van der Waals surface area (Å²) in [5, 5.41) is 0. The van der Waals surface area contributed by atoms with E-state index in [0.717, 1.165) is 11.1 Å². The SMILES string of the molecule is COc1c(C(=O)C(N)C(C)(C)C)ccc(C)c1C. The smallest absolute Gasteiger partial charge is 0.183 e. The summed E-state index contributed by atoms with van der Waals surface area (Å²) in [5.41, 5.74) is 8.44. The molecule has 18 heavy (non-hydrogen) atoms. The number of rotatable bonds is 3.